The molecule has 6 nitrogen and oxygen atoms in total. The van der Waals surface area contributed by atoms with Crippen molar-refractivity contribution in [3.8, 4) is 10.6 Å². The Morgan fingerprint density at radius 3 is 2.42 bits per heavy atom. The van der Waals surface area contributed by atoms with E-state index in [2.05, 4.69) is 4.98 Å². The van der Waals surface area contributed by atoms with Crippen molar-refractivity contribution >= 4 is 44.7 Å². The fourth-order valence-electron chi connectivity index (χ4n) is 3.22. The third-order valence-electron chi connectivity index (χ3n) is 4.84. The second-order valence-electron chi connectivity index (χ2n) is 6.74. The molecule has 9 heteroatoms. The Morgan fingerprint density at radius 2 is 1.84 bits per heavy atom. The van der Waals surface area contributed by atoms with Gasteiger partial charge in [0.2, 0.25) is 0 Å². The lowest BCUT2D eigenvalue weighted by molar-refractivity contribution is 0.0599. The number of anilines is 1. The van der Waals surface area contributed by atoms with E-state index in [1.54, 1.807) is 25.1 Å². The topological polar surface area (TPSA) is 76.6 Å². The average molecular weight is 479 g/mol. The Hall–Kier alpha value is -2.42. The van der Waals surface area contributed by atoms with E-state index in [-0.39, 0.29) is 17.0 Å². The molecule has 3 rings (SSSR count). The molecule has 0 unspecified atom stereocenters. The summed E-state index contributed by atoms with van der Waals surface area (Å²) in [6, 6.07) is 11.8. The van der Waals surface area contributed by atoms with Crippen molar-refractivity contribution in [3.05, 3.63) is 63.5 Å². The highest BCUT2D eigenvalue weighted by Crippen LogP contribution is 2.35. The summed E-state index contributed by atoms with van der Waals surface area (Å²) in [6.45, 7) is 5.67. The molecule has 0 spiro atoms. The Kier molecular flexibility index (Phi) is 7.03. The summed E-state index contributed by atoms with van der Waals surface area (Å²) in [6.07, 6.45) is 0.581. The number of hydrogen-bond acceptors (Lipinski definition) is 6. The number of carbonyl (C=O) groups is 1. The van der Waals surface area contributed by atoms with Crippen LogP contribution >= 0.6 is 22.9 Å². The number of nitrogens with zero attached hydrogens (tertiary/aromatic N) is 2. The van der Waals surface area contributed by atoms with Gasteiger partial charge in [-0.15, -0.1) is 11.3 Å². The second-order valence-corrected chi connectivity index (χ2v) is 10.2. The zero-order chi connectivity index (χ0) is 22.8. The molecule has 0 atom stereocenters. The molecular formula is C22H23ClN2O4S2. The number of methoxy groups -OCH3 is 1. The molecular weight excluding hydrogens is 456 g/mol. The van der Waals surface area contributed by atoms with Gasteiger partial charge in [-0.1, -0.05) is 36.7 Å². The number of aromatic nitrogens is 1. The van der Waals surface area contributed by atoms with Gasteiger partial charge in [0.25, 0.3) is 10.0 Å². The first kappa shape index (κ1) is 23.2. The Morgan fingerprint density at radius 1 is 1.16 bits per heavy atom. The monoisotopic (exact) mass is 478 g/mol. The molecule has 2 aromatic carbocycles. The summed E-state index contributed by atoms with van der Waals surface area (Å²) in [7, 11) is -2.67. The first-order chi connectivity index (χ1) is 14.7. The maximum Gasteiger partial charge on any atom is 0.338 e. The highest BCUT2D eigenvalue weighted by Gasteiger charge is 2.29. The van der Waals surface area contributed by atoms with Gasteiger partial charge in [0.1, 0.15) is 5.01 Å². The molecule has 0 saturated carbocycles. The quantitative estimate of drug-likeness (QED) is 0.428. The van der Waals surface area contributed by atoms with Crippen LogP contribution in [0.3, 0.4) is 0 Å². The average Bonchev–Trinajstić information content (AvgIpc) is 3.14. The van der Waals surface area contributed by atoms with Gasteiger partial charge < -0.3 is 4.74 Å². The number of thiazole rings is 1. The summed E-state index contributed by atoms with van der Waals surface area (Å²) >= 11 is 7.38. The molecule has 0 N–H and O–H groups in total. The molecule has 0 fully saturated rings. The van der Waals surface area contributed by atoms with Crippen LogP contribution in [0.25, 0.3) is 10.6 Å². The van der Waals surface area contributed by atoms with Crippen molar-refractivity contribution < 1.29 is 17.9 Å². The molecule has 1 heterocycles. The molecule has 0 amide bonds. The van der Waals surface area contributed by atoms with Crippen molar-refractivity contribution in [2.45, 2.75) is 32.1 Å². The first-order valence-corrected chi connectivity index (χ1v) is 12.3. The summed E-state index contributed by atoms with van der Waals surface area (Å²) in [5.74, 6) is -0.191. The minimum absolute atomic E-state index is 0.0207. The van der Waals surface area contributed by atoms with Crippen LogP contribution in [0.4, 0.5) is 5.82 Å². The Bertz CT molecular complexity index is 1200. The van der Waals surface area contributed by atoms with Crippen LogP contribution in [0, 0.1) is 6.92 Å². The van der Waals surface area contributed by atoms with Crippen LogP contribution in [0.1, 0.15) is 34.6 Å². The summed E-state index contributed by atoms with van der Waals surface area (Å²) in [5.41, 5.74) is 1.83. The van der Waals surface area contributed by atoms with E-state index in [0.29, 0.717) is 22.3 Å². The summed E-state index contributed by atoms with van der Waals surface area (Å²) in [5, 5.41) is 1.32. The molecule has 1 aromatic heterocycles. The molecule has 0 bridgehead atoms. The van der Waals surface area contributed by atoms with E-state index in [1.165, 1.54) is 34.9 Å². The van der Waals surface area contributed by atoms with E-state index in [0.717, 1.165) is 16.0 Å². The van der Waals surface area contributed by atoms with Crippen LogP contribution < -0.4 is 4.31 Å². The third-order valence-corrected chi connectivity index (χ3v) is 7.96. The smallest absolute Gasteiger partial charge is 0.338 e. The van der Waals surface area contributed by atoms with E-state index < -0.39 is 16.0 Å². The number of halogens is 1. The van der Waals surface area contributed by atoms with Crippen molar-refractivity contribution in [3.63, 3.8) is 0 Å². The first-order valence-electron chi connectivity index (χ1n) is 9.70. The van der Waals surface area contributed by atoms with Gasteiger partial charge >= 0.3 is 5.97 Å². The normalized spacial score (nSPS) is 11.4. The maximum absolute atomic E-state index is 13.5. The highest BCUT2D eigenvalue weighted by atomic mass is 35.5. The van der Waals surface area contributed by atoms with Crippen molar-refractivity contribution in [2.75, 3.05) is 18.0 Å². The molecule has 31 heavy (non-hydrogen) atoms. The van der Waals surface area contributed by atoms with Crippen LogP contribution in [-0.2, 0) is 21.2 Å². The van der Waals surface area contributed by atoms with Gasteiger partial charge in [-0.25, -0.2) is 22.5 Å². The molecule has 0 aliphatic heterocycles. The van der Waals surface area contributed by atoms with Crippen molar-refractivity contribution in [1.82, 2.24) is 4.98 Å². The van der Waals surface area contributed by atoms with E-state index >= 15 is 0 Å². The standard InChI is InChI=1S/C22H23ClN2O4S2/c1-5-15-9-12-18(13-19(15)22(26)29-4)31(27,28)25(6-2)20-14(3)30-21(24-20)16-7-10-17(23)11-8-16/h7-13H,5-6H2,1-4H3. The number of carbonyl (C=O) groups excluding carboxylic acids is 1. The van der Waals surface area contributed by atoms with Gasteiger partial charge in [-0.05, 0) is 50.1 Å². The second kappa shape index (κ2) is 9.38. The highest BCUT2D eigenvalue weighted by molar-refractivity contribution is 7.92. The zero-order valence-electron chi connectivity index (χ0n) is 17.7. The van der Waals surface area contributed by atoms with Crippen LogP contribution in [0.5, 0.6) is 0 Å². The molecule has 0 radical (unpaired) electrons. The van der Waals surface area contributed by atoms with Gasteiger partial charge in [-0.2, -0.15) is 0 Å². The van der Waals surface area contributed by atoms with E-state index in [9.17, 15) is 13.2 Å². The fraction of sp³-hybridized carbons (Fsp3) is 0.273. The van der Waals surface area contributed by atoms with Crippen molar-refractivity contribution in [2.24, 2.45) is 0 Å². The van der Waals surface area contributed by atoms with E-state index in [4.69, 9.17) is 16.3 Å². The van der Waals surface area contributed by atoms with Gasteiger partial charge in [0.15, 0.2) is 5.82 Å². The van der Waals surface area contributed by atoms with Crippen LogP contribution in [0.15, 0.2) is 47.4 Å². The predicted octanol–water partition coefficient (Wildman–Crippen LogP) is 5.34. The summed E-state index contributed by atoms with van der Waals surface area (Å²) < 4.78 is 33.1. The number of aryl methyl sites for hydroxylation is 2. The molecule has 164 valence electrons. The largest absolute Gasteiger partial charge is 0.465 e. The minimum atomic E-state index is -3.94. The molecule has 0 aliphatic rings. The lowest BCUT2D eigenvalue weighted by Gasteiger charge is -2.22. The number of ether oxygens (including phenoxy) is 1. The van der Waals surface area contributed by atoms with Crippen molar-refractivity contribution in [1.29, 1.82) is 0 Å². The van der Waals surface area contributed by atoms with Gasteiger partial charge in [-0.3, -0.25) is 0 Å². The van der Waals surface area contributed by atoms with E-state index in [1.807, 2.05) is 26.0 Å². The van der Waals surface area contributed by atoms with Gasteiger partial charge in [0, 0.05) is 22.0 Å². The van der Waals surface area contributed by atoms with Crippen LogP contribution in [0.2, 0.25) is 5.02 Å². The van der Waals surface area contributed by atoms with Gasteiger partial charge in [0.05, 0.1) is 17.6 Å². The SMILES string of the molecule is CCc1ccc(S(=O)(=O)N(CC)c2nc(-c3ccc(Cl)cc3)sc2C)cc1C(=O)OC. The lowest BCUT2D eigenvalue weighted by Crippen LogP contribution is -2.31. The molecule has 0 saturated heterocycles. The molecule has 0 aliphatic carbocycles. The Balaban J connectivity index is 2.06. The zero-order valence-corrected chi connectivity index (χ0v) is 20.1. The lowest BCUT2D eigenvalue weighted by atomic mass is 10.1. The number of rotatable bonds is 7. The Labute approximate surface area is 191 Å². The number of esters is 1. The maximum atomic E-state index is 13.5. The number of benzene rings is 2. The third kappa shape index (κ3) is 4.61. The summed E-state index contributed by atoms with van der Waals surface area (Å²) in [4.78, 5) is 17.6. The minimum Gasteiger partial charge on any atom is -0.465 e. The molecule has 3 aromatic rings. The number of hydrogen-bond donors (Lipinski definition) is 0. The predicted molar refractivity (Wildman–Crippen MR) is 125 cm³/mol. The fourth-order valence-corrected chi connectivity index (χ4v) is 5.83. The van der Waals surface area contributed by atoms with Crippen LogP contribution in [-0.4, -0.2) is 33.0 Å². The number of sulfonamides is 1.